The topological polar surface area (TPSA) is 81.0 Å². The molecule has 2 aromatic rings. The van der Waals surface area contributed by atoms with Gasteiger partial charge in [-0.3, -0.25) is 15.1 Å². The summed E-state index contributed by atoms with van der Waals surface area (Å²) in [5.41, 5.74) is 1.96. The van der Waals surface area contributed by atoms with E-state index >= 15 is 0 Å². The lowest BCUT2D eigenvalue weighted by Crippen LogP contribution is -2.04. The van der Waals surface area contributed by atoms with E-state index in [1.54, 1.807) is 24.5 Å². The summed E-state index contributed by atoms with van der Waals surface area (Å²) in [4.78, 5) is 19.1. The van der Waals surface area contributed by atoms with Crippen molar-refractivity contribution in [2.75, 3.05) is 11.9 Å². The average Bonchev–Trinajstić information content (AvgIpc) is 2.45. The van der Waals surface area contributed by atoms with E-state index in [1.165, 1.54) is 6.07 Å². The highest BCUT2D eigenvalue weighted by Crippen LogP contribution is 2.30. The fourth-order valence-corrected chi connectivity index (χ4v) is 1.89. The molecule has 0 saturated carbocycles. The SMILES string of the molecule is CCCNc1ccc([N+](=O)[O-])c(-c2ccncc2C)n1. The molecule has 0 saturated heterocycles. The lowest BCUT2D eigenvalue weighted by atomic mass is 10.1. The predicted octanol–water partition coefficient (Wildman–Crippen LogP) is 3.18. The zero-order chi connectivity index (χ0) is 14.5. The van der Waals surface area contributed by atoms with E-state index in [0.29, 0.717) is 11.5 Å². The van der Waals surface area contributed by atoms with Crippen molar-refractivity contribution in [2.45, 2.75) is 20.3 Å². The van der Waals surface area contributed by atoms with Gasteiger partial charge < -0.3 is 5.32 Å². The monoisotopic (exact) mass is 272 g/mol. The van der Waals surface area contributed by atoms with Crippen LogP contribution in [-0.2, 0) is 0 Å². The molecular weight excluding hydrogens is 256 g/mol. The van der Waals surface area contributed by atoms with Gasteiger partial charge in [-0.05, 0) is 31.0 Å². The van der Waals surface area contributed by atoms with Crippen molar-refractivity contribution in [1.82, 2.24) is 9.97 Å². The summed E-state index contributed by atoms with van der Waals surface area (Å²) < 4.78 is 0. The van der Waals surface area contributed by atoms with Gasteiger partial charge in [0, 0.05) is 30.6 Å². The Labute approximate surface area is 117 Å². The summed E-state index contributed by atoms with van der Waals surface area (Å²) in [5.74, 6) is 0.642. The first-order valence-corrected chi connectivity index (χ1v) is 6.43. The minimum absolute atomic E-state index is 0.00125. The van der Waals surface area contributed by atoms with E-state index in [-0.39, 0.29) is 5.69 Å². The van der Waals surface area contributed by atoms with Gasteiger partial charge in [-0.25, -0.2) is 4.98 Å². The van der Waals surface area contributed by atoms with Crippen molar-refractivity contribution >= 4 is 11.5 Å². The van der Waals surface area contributed by atoms with Crippen LogP contribution in [0.15, 0.2) is 30.6 Å². The summed E-state index contributed by atoms with van der Waals surface area (Å²) in [6.07, 6.45) is 4.25. The van der Waals surface area contributed by atoms with Crippen LogP contribution in [-0.4, -0.2) is 21.4 Å². The van der Waals surface area contributed by atoms with Gasteiger partial charge in [0.1, 0.15) is 5.82 Å². The normalized spacial score (nSPS) is 10.3. The standard InChI is InChI=1S/C14H16N4O2/c1-3-7-16-13-5-4-12(18(19)20)14(17-13)11-6-8-15-9-10(11)2/h4-6,8-9H,3,7H2,1-2H3,(H,16,17). The third kappa shape index (κ3) is 2.90. The van der Waals surface area contributed by atoms with Gasteiger partial charge in [0.05, 0.1) is 4.92 Å². The first-order chi connectivity index (χ1) is 9.63. The first kappa shape index (κ1) is 13.9. The van der Waals surface area contributed by atoms with Gasteiger partial charge in [0.2, 0.25) is 0 Å². The molecule has 0 aromatic carbocycles. The molecule has 2 heterocycles. The predicted molar refractivity (Wildman–Crippen MR) is 77.6 cm³/mol. The molecule has 0 bridgehead atoms. The lowest BCUT2D eigenvalue weighted by molar-refractivity contribution is -0.384. The molecule has 20 heavy (non-hydrogen) atoms. The number of pyridine rings is 2. The highest BCUT2D eigenvalue weighted by atomic mass is 16.6. The second kappa shape index (κ2) is 6.10. The van der Waals surface area contributed by atoms with E-state index in [4.69, 9.17) is 0 Å². The number of aryl methyl sites for hydroxylation is 1. The number of nitro groups is 1. The summed E-state index contributed by atoms with van der Waals surface area (Å²) in [6, 6.07) is 4.86. The van der Waals surface area contributed by atoms with Crippen LogP contribution >= 0.6 is 0 Å². The second-order valence-corrected chi connectivity index (χ2v) is 4.44. The van der Waals surface area contributed by atoms with E-state index in [1.807, 2.05) is 13.8 Å². The van der Waals surface area contributed by atoms with Gasteiger partial charge in [0.15, 0.2) is 5.69 Å². The molecule has 2 aromatic heterocycles. The van der Waals surface area contributed by atoms with Gasteiger partial charge in [0.25, 0.3) is 5.69 Å². The fraction of sp³-hybridized carbons (Fsp3) is 0.286. The van der Waals surface area contributed by atoms with E-state index in [9.17, 15) is 10.1 Å². The van der Waals surface area contributed by atoms with E-state index in [2.05, 4.69) is 15.3 Å². The summed E-state index contributed by atoms with van der Waals surface area (Å²) >= 11 is 0. The van der Waals surface area contributed by atoms with Crippen LogP contribution in [0, 0.1) is 17.0 Å². The molecule has 0 aliphatic carbocycles. The third-order valence-electron chi connectivity index (χ3n) is 2.90. The fourth-order valence-electron chi connectivity index (χ4n) is 1.89. The Morgan fingerprint density at radius 1 is 1.35 bits per heavy atom. The molecule has 2 rings (SSSR count). The molecule has 0 atom stereocenters. The maximum atomic E-state index is 11.2. The molecule has 0 spiro atoms. The minimum Gasteiger partial charge on any atom is -0.370 e. The number of hydrogen-bond acceptors (Lipinski definition) is 5. The Balaban J connectivity index is 2.53. The van der Waals surface area contributed by atoms with Gasteiger partial charge in [-0.1, -0.05) is 6.92 Å². The number of hydrogen-bond donors (Lipinski definition) is 1. The van der Waals surface area contributed by atoms with Crippen molar-refractivity contribution < 1.29 is 4.92 Å². The molecule has 0 radical (unpaired) electrons. The number of nitrogens with zero attached hydrogens (tertiary/aromatic N) is 3. The Kier molecular flexibility index (Phi) is 4.24. The zero-order valence-electron chi connectivity index (χ0n) is 11.5. The Bertz CT molecular complexity index is 628. The molecule has 1 N–H and O–H groups in total. The van der Waals surface area contributed by atoms with Crippen molar-refractivity contribution in [3.63, 3.8) is 0 Å². The van der Waals surface area contributed by atoms with Crippen LogP contribution in [0.3, 0.4) is 0 Å². The maximum absolute atomic E-state index is 11.2. The second-order valence-electron chi connectivity index (χ2n) is 4.44. The molecule has 0 fully saturated rings. The molecule has 0 aliphatic heterocycles. The third-order valence-corrected chi connectivity index (χ3v) is 2.90. The quantitative estimate of drug-likeness (QED) is 0.667. The lowest BCUT2D eigenvalue weighted by Gasteiger charge is -2.09. The van der Waals surface area contributed by atoms with Crippen LogP contribution < -0.4 is 5.32 Å². The van der Waals surface area contributed by atoms with Crippen molar-refractivity contribution in [3.05, 3.63) is 46.3 Å². The average molecular weight is 272 g/mol. The molecule has 0 unspecified atom stereocenters. The maximum Gasteiger partial charge on any atom is 0.295 e. The van der Waals surface area contributed by atoms with E-state index in [0.717, 1.165) is 24.1 Å². The zero-order valence-corrected chi connectivity index (χ0v) is 11.5. The molecule has 104 valence electrons. The largest absolute Gasteiger partial charge is 0.370 e. The van der Waals surface area contributed by atoms with Crippen LogP contribution in [0.25, 0.3) is 11.3 Å². The van der Waals surface area contributed by atoms with Crippen LogP contribution in [0.1, 0.15) is 18.9 Å². The van der Waals surface area contributed by atoms with Crippen LogP contribution in [0.4, 0.5) is 11.5 Å². The van der Waals surface area contributed by atoms with E-state index < -0.39 is 4.92 Å². The number of rotatable bonds is 5. The minimum atomic E-state index is -0.411. The summed E-state index contributed by atoms with van der Waals surface area (Å²) in [7, 11) is 0. The molecule has 6 nitrogen and oxygen atoms in total. The highest BCUT2D eigenvalue weighted by Gasteiger charge is 2.19. The Hall–Kier alpha value is -2.50. The molecule has 6 heteroatoms. The van der Waals surface area contributed by atoms with Gasteiger partial charge >= 0.3 is 0 Å². The number of aromatic nitrogens is 2. The molecule has 0 aliphatic rings. The number of nitrogens with one attached hydrogen (secondary N) is 1. The first-order valence-electron chi connectivity index (χ1n) is 6.43. The smallest absolute Gasteiger partial charge is 0.295 e. The Morgan fingerprint density at radius 3 is 2.80 bits per heavy atom. The van der Waals surface area contributed by atoms with Gasteiger partial charge in [-0.2, -0.15) is 0 Å². The summed E-state index contributed by atoms with van der Waals surface area (Å²) in [6.45, 7) is 4.69. The van der Waals surface area contributed by atoms with Crippen LogP contribution in [0.2, 0.25) is 0 Å². The van der Waals surface area contributed by atoms with Crippen molar-refractivity contribution in [1.29, 1.82) is 0 Å². The van der Waals surface area contributed by atoms with Gasteiger partial charge in [-0.15, -0.1) is 0 Å². The number of anilines is 1. The highest BCUT2D eigenvalue weighted by molar-refractivity contribution is 5.73. The molecular formula is C14H16N4O2. The van der Waals surface area contributed by atoms with Crippen molar-refractivity contribution in [3.8, 4) is 11.3 Å². The van der Waals surface area contributed by atoms with Crippen molar-refractivity contribution in [2.24, 2.45) is 0 Å². The van der Waals surface area contributed by atoms with Crippen LogP contribution in [0.5, 0.6) is 0 Å². The Morgan fingerprint density at radius 2 is 2.15 bits per heavy atom. The summed E-state index contributed by atoms with van der Waals surface area (Å²) in [5, 5.41) is 14.3. The molecule has 0 amide bonds.